The molecule has 13 heteroatoms. The molecule has 0 atom stereocenters. The van der Waals surface area contributed by atoms with Crippen LogP contribution >= 0.6 is 23.1 Å². The van der Waals surface area contributed by atoms with Crippen LogP contribution in [0.3, 0.4) is 0 Å². The van der Waals surface area contributed by atoms with Crippen LogP contribution in [0.25, 0.3) is 17.1 Å². The number of amides is 2. The monoisotopic (exact) mass is 565 g/mol. The maximum atomic E-state index is 13.0. The van der Waals surface area contributed by atoms with Gasteiger partial charge in [-0.3, -0.25) is 14.3 Å². The Hall–Kier alpha value is -3.97. The van der Waals surface area contributed by atoms with Crippen molar-refractivity contribution in [1.82, 2.24) is 34.5 Å². The average Bonchev–Trinajstić information content (AvgIpc) is 3.64. The van der Waals surface area contributed by atoms with Gasteiger partial charge < -0.3 is 19.3 Å². The number of aromatic nitrogens is 5. The van der Waals surface area contributed by atoms with E-state index < -0.39 is 0 Å². The van der Waals surface area contributed by atoms with E-state index in [-0.39, 0.29) is 12.0 Å². The third-order valence-electron chi connectivity index (χ3n) is 6.09. The van der Waals surface area contributed by atoms with Gasteiger partial charge in [-0.2, -0.15) is 0 Å². The lowest BCUT2D eigenvalue weighted by Gasteiger charge is -2.33. The Labute approximate surface area is 233 Å². The zero-order valence-corrected chi connectivity index (χ0v) is 23.2. The van der Waals surface area contributed by atoms with Crippen LogP contribution in [0.15, 0.2) is 59.3 Å². The SMILES string of the molecule is CCOC(=O)N1CCN(C(=O)c2csc(CSc3nnc(-c4ccncc4)n3-c3ccccc3OC)n2)CC1. The lowest BCUT2D eigenvalue weighted by Crippen LogP contribution is -2.50. The first kappa shape index (κ1) is 26.6. The minimum absolute atomic E-state index is 0.136. The van der Waals surface area contributed by atoms with E-state index >= 15 is 0 Å². The van der Waals surface area contributed by atoms with Crippen LogP contribution < -0.4 is 4.74 Å². The van der Waals surface area contributed by atoms with Gasteiger partial charge >= 0.3 is 6.09 Å². The van der Waals surface area contributed by atoms with Crippen molar-refractivity contribution in [2.75, 3.05) is 39.9 Å². The Kier molecular flexibility index (Phi) is 8.37. The Bertz CT molecular complexity index is 1440. The number of carbonyl (C=O) groups excluding carboxylic acids is 2. The lowest BCUT2D eigenvalue weighted by molar-refractivity contribution is 0.0566. The molecule has 0 aliphatic carbocycles. The molecule has 4 heterocycles. The second kappa shape index (κ2) is 12.3. The molecular weight excluding hydrogens is 538 g/mol. The zero-order valence-electron chi connectivity index (χ0n) is 21.5. The fourth-order valence-corrected chi connectivity index (χ4v) is 5.88. The molecule has 0 radical (unpaired) electrons. The van der Waals surface area contributed by atoms with Crippen molar-refractivity contribution in [2.45, 2.75) is 17.8 Å². The summed E-state index contributed by atoms with van der Waals surface area (Å²) < 4.78 is 12.6. The first-order valence-electron chi connectivity index (χ1n) is 12.4. The predicted octanol–water partition coefficient (Wildman–Crippen LogP) is 4.00. The van der Waals surface area contributed by atoms with Gasteiger partial charge in [-0.1, -0.05) is 23.9 Å². The average molecular weight is 566 g/mol. The first-order valence-corrected chi connectivity index (χ1v) is 14.2. The number of hydrogen-bond acceptors (Lipinski definition) is 10. The maximum absolute atomic E-state index is 13.0. The zero-order chi connectivity index (χ0) is 27.2. The van der Waals surface area contributed by atoms with Crippen LogP contribution in [0, 0.1) is 0 Å². The third kappa shape index (κ3) is 5.88. The van der Waals surface area contributed by atoms with Crippen LogP contribution in [0.4, 0.5) is 4.79 Å². The molecule has 0 saturated carbocycles. The number of hydrogen-bond donors (Lipinski definition) is 0. The highest BCUT2D eigenvalue weighted by atomic mass is 32.2. The molecule has 202 valence electrons. The van der Waals surface area contributed by atoms with Gasteiger partial charge in [0.1, 0.15) is 16.5 Å². The molecular formula is C26H27N7O4S2. The number of methoxy groups -OCH3 is 1. The van der Waals surface area contributed by atoms with Gasteiger partial charge in [-0.25, -0.2) is 9.78 Å². The van der Waals surface area contributed by atoms with E-state index in [0.29, 0.717) is 61.0 Å². The Morgan fingerprint density at radius 3 is 2.51 bits per heavy atom. The van der Waals surface area contributed by atoms with Crippen molar-refractivity contribution in [1.29, 1.82) is 0 Å². The van der Waals surface area contributed by atoms with Gasteiger partial charge in [-0.05, 0) is 31.2 Å². The molecule has 1 aromatic carbocycles. The van der Waals surface area contributed by atoms with Crippen molar-refractivity contribution in [2.24, 2.45) is 0 Å². The number of ether oxygens (including phenoxy) is 2. The number of carbonyl (C=O) groups is 2. The summed E-state index contributed by atoms with van der Waals surface area (Å²) >= 11 is 2.91. The Morgan fingerprint density at radius 1 is 1.03 bits per heavy atom. The number of piperazine rings is 1. The second-order valence-electron chi connectivity index (χ2n) is 8.44. The van der Waals surface area contributed by atoms with E-state index in [1.807, 2.05) is 41.0 Å². The minimum atomic E-state index is -0.342. The standard InChI is InChI=1S/C26H27N7O4S2/c1-3-37-26(35)32-14-12-31(13-15-32)24(34)19-16-38-22(28-19)17-39-25-30-29-23(18-8-10-27-11-9-18)33(25)20-6-4-5-7-21(20)36-2/h4-11,16H,3,12-15,17H2,1-2H3. The van der Waals surface area contributed by atoms with E-state index in [4.69, 9.17) is 9.47 Å². The van der Waals surface area contributed by atoms with E-state index in [0.717, 1.165) is 16.3 Å². The molecule has 2 amide bonds. The quantitative estimate of drug-likeness (QED) is 0.292. The fourth-order valence-electron chi connectivity index (χ4n) is 4.15. The number of benzene rings is 1. The Morgan fingerprint density at radius 2 is 1.77 bits per heavy atom. The molecule has 3 aromatic heterocycles. The molecule has 1 saturated heterocycles. The molecule has 0 bridgehead atoms. The van der Waals surface area contributed by atoms with Gasteiger partial charge in [0.05, 0.1) is 25.2 Å². The van der Waals surface area contributed by atoms with Crippen molar-refractivity contribution in [3.63, 3.8) is 0 Å². The van der Waals surface area contributed by atoms with Crippen LogP contribution in [0.2, 0.25) is 0 Å². The van der Waals surface area contributed by atoms with Gasteiger partial charge in [0.15, 0.2) is 11.0 Å². The van der Waals surface area contributed by atoms with Crippen LogP contribution in [-0.4, -0.2) is 86.4 Å². The summed E-state index contributed by atoms with van der Waals surface area (Å²) in [7, 11) is 1.63. The molecule has 1 aliphatic heterocycles. The van der Waals surface area contributed by atoms with Crippen molar-refractivity contribution in [3.05, 3.63) is 64.9 Å². The molecule has 0 unspecified atom stereocenters. The molecule has 11 nitrogen and oxygen atoms in total. The topological polar surface area (TPSA) is 116 Å². The third-order valence-corrected chi connectivity index (χ3v) is 8.06. The van der Waals surface area contributed by atoms with Gasteiger partial charge in [0, 0.05) is 49.5 Å². The number of thioether (sulfide) groups is 1. The summed E-state index contributed by atoms with van der Waals surface area (Å²) in [4.78, 5) is 37.0. The number of pyridine rings is 1. The van der Waals surface area contributed by atoms with Crippen molar-refractivity contribution >= 4 is 35.1 Å². The largest absolute Gasteiger partial charge is 0.495 e. The molecule has 5 rings (SSSR count). The lowest BCUT2D eigenvalue weighted by atomic mass is 10.2. The molecule has 4 aromatic rings. The predicted molar refractivity (Wildman–Crippen MR) is 147 cm³/mol. The molecule has 0 spiro atoms. The number of thiazole rings is 1. The Balaban J connectivity index is 1.30. The number of nitrogens with zero attached hydrogens (tertiary/aromatic N) is 7. The van der Waals surface area contributed by atoms with Gasteiger partial charge in [0.2, 0.25) is 0 Å². The van der Waals surface area contributed by atoms with E-state index in [1.54, 1.807) is 41.6 Å². The molecule has 0 N–H and O–H groups in total. The van der Waals surface area contributed by atoms with Gasteiger partial charge in [-0.15, -0.1) is 21.5 Å². The van der Waals surface area contributed by atoms with Crippen LogP contribution in [0.1, 0.15) is 22.4 Å². The summed E-state index contributed by atoms with van der Waals surface area (Å²) in [6.07, 6.45) is 3.09. The normalized spacial score (nSPS) is 13.4. The molecule has 39 heavy (non-hydrogen) atoms. The molecule has 1 fully saturated rings. The van der Waals surface area contributed by atoms with Crippen LogP contribution in [-0.2, 0) is 10.5 Å². The number of rotatable bonds is 8. The van der Waals surface area contributed by atoms with E-state index in [2.05, 4.69) is 20.2 Å². The minimum Gasteiger partial charge on any atom is -0.495 e. The number of para-hydroxylation sites is 2. The van der Waals surface area contributed by atoms with Crippen molar-refractivity contribution < 1.29 is 19.1 Å². The van der Waals surface area contributed by atoms with Crippen molar-refractivity contribution in [3.8, 4) is 22.8 Å². The highest BCUT2D eigenvalue weighted by Gasteiger charge is 2.27. The highest BCUT2D eigenvalue weighted by Crippen LogP contribution is 2.33. The van der Waals surface area contributed by atoms with Crippen LogP contribution in [0.5, 0.6) is 5.75 Å². The van der Waals surface area contributed by atoms with E-state index in [1.165, 1.54) is 23.1 Å². The smallest absolute Gasteiger partial charge is 0.409 e. The summed E-state index contributed by atoms with van der Waals surface area (Å²) in [6, 6.07) is 11.5. The van der Waals surface area contributed by atoms with E-state index in [9.17, 15) is 9.59 Å². The summed E-state index contributed by atoms with van der Waals surface area (Å²) in [5, 5.41) is 12.2. The van der Waals surface area contributed by atoms with Gasteiger partial charge in [0.25, 0.3) is 5.91 Å². The molecule has 1 aliphatic rings. The summed E-state index contributed by atoms with van der Waals surface area (Å²) in [6.45, 7) is 3.87. The first-order chi connectivity index (χ1) is 19.1. The maximum Gasteiger partial charge on any atom is 0.409 e. The second-order valence-corrected chi connectivity index (χ2v) is 10.3. The summed E-state index contributed by atoms with van der Waals surface area (Å²) in [5.41, 5.74) is 2.10. The fraction of sp³-hybridized carbons (Fsp3) is 0.308. The summed E-state index contributed by atoms with van der Waals surface area (Å²) in [5.74, 6) is 1.74. The highest BCUT2D eigenvalue weighted by molar-refractivity contribution is 7.98.